The van der Waals surface area contributed by atoms with Gasteiger partial charge >= 0.3 is 0 Å². The van der Waals surface area contributed by atoms with E-state index >= 15 is 0 Å². The van der Waals surface area contributed by atoms with E-state index < -0.39 is 0 Å². The molecule has 2 aromatic carbocycles. The highest BCUT2D eigenvalue weighted by atomic mass is 32.1. The van der Waals surface area contributed by atoms with Crippen molar-refractivity contribution < 1.29 is 9.53 Å². The second-order valence-electron chi connectivity index (χ2n) is 6.72. The van der Waals surface area contributed by atoms with E-state index in [0.29, 0.717) is 18.0 Å². The Hall–Kier alpha value is -3.12. The molecule has 5 nitrogen and oxygen atoms in total. The lowest BCUT2D eigenvalue weighted by Gasteiger charge is -2.16. The maximum Gasteiger partial charge on any atom is 0.264 e. The summed E-state index contributed by atoms with van der Waals surface area (Å²) in [5.74, 6) is 0.828. The van der Waals surface area contributed by atoms with Gasteiger partial charge in [-0.2, -0.15) is 5.10 Å². The van der Waals surface area contributed by atoms with Gasteiger partial charge in [0.15, 0.2) is 0 Å². The van der Waals surface area contributed by atoms with Crippen LogP contribution in [0.25, 0.3) is 10.8 Å². The molecule has 2 heterocycles. The number of carbonyl (C=O) groups excluding carboxylic acids is 1. The van der Waals surface area contributed by atoms with E-state index in [4.69, 9.17) is 4.74 Å². The molecular formula is C22H21N3O2S. The first kappa shape index (κ1) is 18.3. The highest BCUT2D eigenvalue weighted by Crippen LogP contribution is 2.23. The van der Waals surface area contributed by atoms with Crippen LogP contribution in [0.2, 0.25) is 0 Å². The lowest BCUT2D eigenvalue weighted by Crippen LogP contribution is -2.26. The minimum Gasteiger partial charge on any atom is -0.489 e. The standard InChI is InChI=1S/C22H21N3O2S/c1-24(13-19-9-10-23-25(19)2)22(26)21-11-16(15-28-21)14-27-20-8-7-17-5-3-4-6-18(17)12-20/h3-12,15H,13-14H2,1-2H3. The normalized spacial score (nSPS) is 10.9. The van der Waals surface area contributed by atoms with E-state index in [1.807, 2.05) is 48.8 Å². The van der Waals surface area contributed by atoms with Crippen LogP contribution in [-0.2, 0) is 20.2 Å². The molecular weight excluding hydrogens is 370 g/mol. The van der Waals surface area contributed by atoms with E-state index in [1.165, 1.54) is 16.7 Å². The topological polar surface area (TPSA) is 47.4 Å². The van der Waals surface area contributed by atoms with E-state index in [-0.39, 0.29) is 5.91 Å². The lowest BCUT2D eigenvalue weighted by atomic mass is 10.1. The molecule has 1 amide bonds. The number of aryl methyl sites for hydroxylation is 1. The fourth-order valence-electron chi connectivity index (χ4n) is 3.05. The van der Waals surface area contributed by atoms with Crippen molar-refractivity contribution in [2.24, 2.45) is 7.05 Å². The third-order valence-corrected chi connectivity index (χ3v) is 5.63. The van der Waals surface area contributed by atoms with Gasteiger partial charge in [-0.05, 0) is 40.4 Å². The molecule has 2 aromatic heterocycles. The van der Waals surface area contributed by atoms with Crippen molar-refractivity contribution in [1.82, 2.24) is 14.7 Å². The first-order valence-electron chi connectivity index (χ1n) is 9.01. The zero-order chi connectivity index (χ0) is 19.5. The van der Waals surface area contributed by atoms with Gasteiger partial charge in [-0.1, -0.05) is 30.3 Å². The Balaban J connectivity index is 1.39. The maximum absolute atomic E-state index is 12.7. The number of aromatic nitrogens is 2. The summed E-state index contributed by atoms with van der Waals surface area (Å²) in [5.41, 5.74) is 1.99. The number of thiophene rings is 1. The molecule has 0 radical (unpaired) electrons. The molecule has 4 aromatic rings. The first-order valence-corrected chi connectivity index (χ1v) is 9.89. The third-order valence-electron chi connectivity index (χ3n) is 4.66. The van der Waals surface area contributed by atoms with Gasteiger partial charge in [-0.25, -0.2) is 0 Å². The Bertz CT molecular complexity index is 1120. The van der Waals surface area contributed by atoms with Crippen LogP contribution in [0, 0.1) is 0 Å². The minimum atomic E-state index is 0.00292. The highest BCUT2D eigenvalue weighted by molar-refractivity contribution is 7.12. The molecule has 0 bridgehead atoms. The molecule has 6 heteroatoms. The van der Waals surface area contributed by atoms with Crippen molar-refractivity contribution in [1.29, 1.82) is 0 Å². The molecule has 0 unspecified atom stereocenters. The predicted molar refractivity (Wildman–Crippen MR) is 112 cm³/mol. The summed E-state index contributed by atoms with van der Waals surface area (Å²) < 4.78 is 7.70. The van der Waals surface area contributed by atoms with Crippen molar-refractivity contribution >= 4 is 28.0 Å². The first-order chi connectivity index (χ1) is 13.6. The van der Waals surface area contributed by atoms with Crippen LogP contribution in [0.3, 0.4) is 0 Å². The molecule has 28 heavy (non-hydrogen) atoms. The lowest BCUT2D eigenvalue weighted by molar-refractivity contribution is 0.0786. The van der Waals surface area contributed by atoms with Crippen LogP contribution in [0.15, 0.2) is 66.2 Å². The van der Waals surface area contributed by atoms with Crippen LogP contribution in [-0.4, -0.2) is 27.6 Å². The molecule has 0 aliphatic carbocycles. The number of carbonyl (C=O) groups is 1. The summed E-state index contributed by atoms with van der Waals surface area (Å²) >= 11 is 1.45. The SMILES string of the molecule is CN(Cc1ccnn1C)C(=O)c1cc(COc2ccc3ccccc3c2)cs1. The zero-order valence-electron chi connectivity index (χ0n) is 15.8. The monoisotopic (exact) mass is 391 g/mol. The van der Waals surface area contributed by atoms with E-state index in [9.17, 15) is 4.79 Å². The second kappa shape index (κ2) is 7.86. The number of hydrogen-bond acceptors (Lipinski definition) is 4. The van der Waals surface area contributed by atoms with Crippen LogP contribution in [0.4, 0.5) is 0 Å². The van der Waals surface area contributed by atoms with Gasteiger partial charge in [0.2, 0.25) is 0 Å². The summed E-state index contributed by atoms with van der Waals surface area (Å²) in [6.07, 6.45) is 1.74. The number of ether oxygens (including phenoxy) is 1. The van der Waals surface area contributed by atoms with Gasteiger partial charge in [-0.15, -0.1) is 11.3 Å². The van der Waals surface area contributed by atoms with Crippen molar-refractivity contribution in [2.75, 3.05) is 7.05 Å². The van der Waals surface area contributed by atoms with Crippen LogP contribution in [0.1, 0.15) is 20.9 Å². The Kier molecular flexibility index (Phi) is 5.12. The number of rotatable bonds is 6. The molecule has 4 rings (SSSR count). The van der Waals surface area contributed by atoms with Gasteiger partial charge in [-0.3, -0.25) is 9.48 Å². The van der Waals surface area contributed by atoms with Crippen molar-refractivity contribution in [3.8, 4) is 5.75 Å². The van der Waals surface area contributed by atoms with Crippen LogP contribution in [0.5, 0.6) is 5.75 Å². The predicted octanol–water partition coefficient (Wildman–Crippen LogP) is 4.49. The van der Waals surface area contributed by atoms with Crippen molar-refractivity contribution in [2.45, 2.75) is 13.2 Å². The Morgan fingerprint density at radius 2 is 1.96 bits per heavy atom. The Morgan fingerprint density at radius 3 is 2.75 bits per heavy atom. The summed E-state index contributed by atoms with van der Waals surface area (Å²) in [6.45, 7) is 0.962. The minimum absolute atomic E-state index is 0.00292. The number of hydrogen-bond donors (Lipinski definition) is 0. The Labute approximate surface area is 167 Å². The van der Waals surface area contributed by atoms with E-state index in [0.717, 1.165) is 22.4 Å². The molecule has 0 aliphatic heterocycles. The number of nitrogens with zero attached hydrogens (tertiary/aromatic N) is 3. The van der Waals surface area contributed by atoms with Crippen LogP contribution >= 0.6 is 11.3 Å². The maximum atomic E-state index is 12.7. The van der Waals surface area contributed by atoms with Gasteiger partial charge in [0.25, 0.3) is 5.91 Å². The number of fused-ring (bicyclic) bond motifs is 1. The molecule has 0 saturated carbocycles. The number of amides is 1. The second-order valence-corrected chi connectivity index (χ2v) is 7.64. The molecule has 142 valence electrons. The van der Waals surface area contributed by atoms with E-state index in [1.54, 1.807) is 22.8 Å². The summed E-state index contributed by atoms with van der Waals surface area (Å²) in [6, 6.07) is 18.1. The van der Waals surface area contributed by atoms with Crippen molar-refractivity contribution in [3.63, 3.8) is 0 Å². The third kappa shape index (κ3) is 3.92. The smallest absolute Gasteiger partial charge is 0.264 e. The Morgan fingerprint density at radius 1 is 1.14 bits per heavy atom. The quantitative estimate of drug-likeness (QED) is 0.487. The average molecular weight is 391 g/mol. The van der Waals surface area contributed by atoms with Gasteiger partial charge in [0.1, 0.15) is 12.4 Å². The van der Waals surface area contributed by atoms with Crippen molar-refractivity contribution in [3.05, 3.63) is 82.3 Å². The molecule has 0 aliphatic rings. The molecule has 0 saturated heterocycles. The molecule has 0 atom stereocenters. The van der Waals surface area contributed by atoms with Gasteiger partial charge < -0.3 is 9.64 Å². The molecule has 0 spiro atoms. The fraction of sp³-hybridized carbons (Fsp3) is 0.182. The largest absolute Gasteiger partial charge is 0.489 e. The fourth-order valence-corrected chi connectivity index (χ4v) is 3.94. The van der Waals surface area contributed by atoms with E-state index in [2.05, 4.69) is 23.3 Å². The van der Waals surface area contributed by atoms with Gasteiger partial charge in [0.05, 0.1) is 17.1 Å². The van der Waals surface area contributed by atoms with Crippen LogP contribution < -0.4 is 4.74 Å². The zero-order valence-corrected chi connectivity index (χ0v) is 16.6. The summed E-state index contributed by atoms with van der Waals surface area (Å²) in [5, 5.41) is 8.46. The van der Waals surface area contributed by atoms with Gasteiger partial charge in [0, 0.05) is 25.9 Å². The summed E-state index contributed by atoms with van der Waals surface area (Å²) in [4.78, 5) is 15.1. The molecule has 0 N–H and O–H groups in total. The highest BCUT2D eigenvalue weighted by Gasteiger charge is 2.16. The summed E-state index contributed by atoms with van der Waals surface area (Å²) in [7, 11) is 3.68. The molecule has 0 fully saturated rings. The average Bonchev–Trinajstić information content (AvgIpc) is 3.35. The number of benzene rings is 2.